The lowest BCUT2D eigenvalue weighted by Gasteiger charge is -2.29. The van der Waals surface area contributed by atoms with Gasteiger partial charge in [-0.05, 0) is 37.9 Å². The highest BCUT2D eigenvalue weighted by Crippen LogP contribution is 2.24. The quantitative estimate of drug-likeness (QED) is 0.942. The topological polar surface area (TPSA) is 58.4 Å². The molecule has 1 N–H and O–H groups in total. The van der Waals surface area contributed by atoms with Gasteiger partial charge >= 0.3 is 0 Å². The molecule has 0 aromatic carbocycles. The average Bonchev–Trinajstić information content (AvgIpc) is 3.10. The Balaban J connectivity index is 1.65. The first kappa shape index (κ1) is 13.3. The lowest BCUT2D eigenvalue weighted by molar-refractivity contribution is 0.0875. The molecule has 20 heavy (non-hydrogen) atoms. The summed E-state index contributed by atoms with van der Waals surface area (Å²) in [4.78, 5) is 15.4. The first-order valence-corrected chi connectivity index (χ1v) is 7.60. The van der Waals surface area contributed by atoms with Gasteiger partial charge in [0, 0.05) is 18.7 Å². The number of rotatable bonds is 3. The Bertz CT molecular complexity index is 579. The maximum absolute atomic E-state index is 12.1. The highest BCUT2D eigenvalue weighted by atomic mass is 32.1. The Labute approximate surface area is 121 Å². The third kappa shape index (κ3) is 2.91. The number of carbonyl (C=O) groups excluding carboxylic acids is 1. The summed E-state index contributed by atoms with van der Waals surface area (Å²) < 4.78 is 5.15. The number of piperidine rings is 1. The van der Waals surface area contributed by atoms with E-state index in [0.29, 0.717) is 5.69 Å². The second-order valence-electron chi connectivity index (χ2n) is 5.13. The zero-order valence-corrected chi connectivity index (χ0v) is 12.2. The molecule has 0 aliphatic carbocycles. The van der Waals surface area contributed by atoms with Crippen molar-refractivity contribution in [3.8, 4) is 10.6 Å². The number of hydrogen-bond donors (Lipinski definition) is 1. The zero-order chi connectivity index (χ0) is 13.9. The van der Waals surface area contributed by atoms with Crippen LogP contribution in [0.25, 0.3) is 10.6 Å². The van der Waals surface area contributed by atoms with Gasteiger partial charge in [-0.25, -0.2) is 0 Å². The van der Waals surface area contributed by atoms with E-state index in [4.69, 9.17) is 4.52 Å². The number of amides is 1. The molecule has 5 nitrogen and oxygen atoms in total. The number of hydrogen-bond acceptors (Lipinski definition) is 5. The van der Waals surface area contributed by atoms with Crippen LogP contribution in [-0.2, 0) is 0 Å². The van der Waals surface area contributed by atoms with Crippen LogP contribution in [0.4, 0.5) is 0 Å². The molecule has 1 atom stereocenters. The number of likely N-dealkylation sites (tertiary alicyclic amines) is 1. The fourth-order valence-corrected chi connectivity index (χ4v) is 3.14. The normalized spacial score (nSPS) is 19.9. The Hall–Kier alpha value is -1.66. The molecule has 0 saturated carbocycles. The minimum absolute atomic E-state index is 0.180. The van der Waals surface area contributed by atoms with Gasteiger partial charge in [0.1, 0.15) is 5.69 Å². The molecule has 1 aliphatic heterocycles. The minimum Gasteiger partial charge on any atom is -0.350 e. The van der Waals surface area contributed by atoms with Crippen molar-refractivity contribution in [2.75, 3.05) is 20.1 Å². The van der Waals surface area contributed by atoms with Crippen molar-refractivity contribution in [2.45, 2.75) is 18.9 Å². The number of aromatic nitrogens is 1. The van der Waals surface area contributed by atoms with Crippen molar-refractivity contribution >= 4 is 17.2 Å². The van der Waals surface area contributed by atoms with Gasteiger partial charge in [-0.15, -0.1) is 11.3 Å². The summed E-state index contributed by atoms with van der Waals surface area (Å²) in [6, 6.07) is 5.80. The molecular weight excluding hydrogens is 274 g/mol. The highest BCUT2D eigenvalue weighted by Gasteiger charge is 2.22. The monoisotopic (exact) mass is 291 g/mol. The molecule has 0 unspecified atom stereocenters. The Morgan fingerprint density at radius 1 is 1.60 bits per heavy atom. The second kappa shape index (κ2) is 5.76. The number of nitrogens with zero attached hydrogens (tertiary/aromatic N) is 2. The molecule has 3 rings (SSSR count). The maximum Gasteiger partial charge on any atom is 0.290 e. The highest BCUT2D eigenvalue weighted by molar-refractivity contribution is 7.13. The predicted octanol–water partition coefficient (Wildman–Crippen LogP) is 2.23. The molecule has 3 heterocycles. The van der Waals surface area contributed by atoms with Gasteiger partial charge in [-0.2, -0.15) is 0 Å². The SMILES string of the molecule is CN1CCC[C@H](NC(=O)c2cc(-c3cccs3)no2)C1. The number of nitrogens with one attached hydrogen (secondary N) is 1. The molecule has 106 valence electrons. The summed E-state index contributed by atoms with van der Waals surface area (Å²) in [5, 5.41) is 8.94. The van der Waals surface area contributed by atoms with E-state index in [0.717, 1.165) is 30.8 Å². The van der Waals surface area contributed by atoms with Crippen LogP contribution < -0.4 is 5.32 Å². The molecule has 0 bridgehead atoms. The fourth-order valence-electron chi connectivity index (χ4n) is 2.46. The van der Waals surface area contributed by atoms with Crippen LogP contribution in [0.1, 0.15) is 23.4 Å². The van der Waals surface area contributed by atoms with Crippen LogP contribution in [0.15, 0.2) is 28.1 Å². The summed E-state index contributed by atoms with van der Waals surface area (Å²) in [5.41, 5.74) is 0.714. The Kier molecular flexibility index (Phi) is 3.84. The lowest BCUT2D eigenvalue weighted by Crippen LogP contribution is -2.46. The van der Waals surface area contributed by atoms with Gasteiger partial charge in [0.25, 0.3) is 5.91 Å². The first-order valence-electron chi connectivity index (χ1n) is 6.72. The van der Waals surface area contributed by atoms with E-state index in [1.165, 1.54) is 0 Å². The van der Waals surface area contributed by atoms with Crippen molar-refractivity contribution in [1.29, 1.82) is 0 Å². The summed E-state index contributed by atoms with van der Waals surface area (Å²) in [6.45, 7) is 1.98. The number of thiophene rings is 1. The van der Waals surface area contributed by atoms with Crippen molar-refractivity contribution in [1.82, 2.24) is 15.4 Å². The van der Waals surface area contributed by atoms with Crippen LogP contribution in [0, 0.1) is 0 Å². The average molecular weight is 291 g/mol. The van der Waals surface area contributed by atoms with E-state index >= 15 is 0 Å². The standard InChI is InChI=1S/C14H17N3O2S/c1-17-6-2-4-10(9-17)15-14(18)12-8-11(16-19-12)13-5-3-7-20-13/h3,5,7-8,10H,2,4,6,9H2,1H3,(H,15,18)/t10-/m0/s1. The van der Waals surface area contributed by atoms with E-state index in [9.17, 15) is 4.79 Å². The molecule has 6 heteroatoms. The predicted molar refractivity (Wildman–Crippen MR) is 77.8 cm³/mol. The van der Waals surface area contributed by atoms with Gasteiger partial charge in [0.2, 0.25) is 5.76 Å². The van der Waals surface area contributed by atoms with Gasteiger partial charge in [-0.3, -0.25) is 4.79 Å². The molecule has 1 fully saturated rings. The molecule has 0 spiro atoms. The molecule has 2 aromatic rings. The third-order valence-corrected chi connectivity index (χ3v) is 4.36. The molecule has 1 saturated heterocycles. The fraction of sp³-hybridized carbons (Fsp3) is 0.429. The van der Waals surface area contributed by atoms with E-state index in [-0.39, 0.29) is 17.7 Å². The van der Waals surface area contributed by atoms with E-state index in [1.54, 1.807) is 17.4 Å². The van der Waals surface area contributed by atoms with E-state index in [2.05, 4.69) is 22.4 Å². The Morgan fingerprint density at radius 3 is 3.25 bits per heavy atom. The van der Waals surface area contributed by atoms with Crippen molar-refractivity contribution in [2.24, 2.45) is 0 Å². The Morgan fingerprint density at radius 2 is 2.50 bits per heavy atom. The van der Waals surface area contributed by atoms with Gasteiger partial charge in [-0.1, -0.05) is 11.2 Å². The summed E-state index contributed by atoms with van der Waals surface area (Å²) in [7, 11) is 2.07. The third-order valence-electron chi connectivity index (χ3n) is 3.47. The smallest absolute Gasteiger partial charge is 0.290 e. The lowest BCUT2D eigenvalue weighted by atomic mass is 10.1. The van der Waals surface area contributed by atoms with Gasteiger partial charge < -0.3 is 14.7 Å². The van der Waals surface area contributed by atoms with Gasteiger partial charge in [0.15, 0.2) is 0 Å². The van der Waals surface area contributed by atoms with Crippen LogP contribution >= 0.6 is 11.3 Å². The first-order chi connectivity index (χ1) is 9.72. The molecule has 1 aliphatic rings. The second-order valence-corrected chi connectivity index (χ2v) is 6.08. The van der Waals surface area contributed by atoms with Gasteiger partial charge in [0.05, 0.1) is 4.88 Å². The summed E-state index contributed by atoms with van der Waals surface area (Å²) in [5.74, 6) is 0.0993. The molecule has 0 radical (unpaired) electrons. The van der Waals surface area contributed by atoms with E-state index in [1.807, 2.05) is 17.5 Å². The molecule has 2 aromatic heterocycles. The molecule has 1 amide bonds. The summed E-state index contributed by atoms with van der Waals surface area (Å²) >= 11 is 1.58. The zero-order valence-electron chi connectivity index (χ0n) is 11.3. The van der Waals surface area contributed by atoms with Crippen molar-refractivity contribution < 1.29 is 9.32 Å². The van der Waals surface area contributed by atoms with Crippen molar-refractivity contribution in [3.05, 3.63) is 29.3 Å². The summed E-state index contributed by atoms with van der Waals surface area (Å²) in [6.07, 6.45) is 2.13. The van der Waals surface area contributed by atoms with Crippen LogP contribution in [0.2, 0.25) is 0 Å². The number of carbonyl (C=O) groups is 1. The van der Waals surface area contributed by atoms with E-state index < -0.39 is 0 Å². The van der Waals surface area contributed by atoms with Crippen LogP contribution in [0.5, 0.6) is 0 Å². The minimum atomic E-state index is -0.180. The largest absolute Gasteiger partial charge is 0.350 e. The molecular formula is C14H17N3O2S. The number of likely N-dealkylation sites (N-methyl/N-ethyl adjacent to an activating group) is 1. The van der Waals surface area contributed by atoms with Crippen molar-refractivity contribution in [3.63, 3.8) is 0 Å². The van der Waals surface area contributed by atoms with Crippen LogP contribution in [0.3, 0.4) is 0 Å². The maximum atomic E-state index is 12.1. The van der Waals surface area contributed by atoms with Crippen LogP contribution in [-0.4, -0.2) is 42.1 Å².